The molecule has 3 N–H and O–H groups in total. The number of ketones is 1. The van der Waals surface area contributed by atoms with E-state index < -0.39 is 29.3 Å². The predicted octanol–water partition coefficient (Wildman–Crippen LogP) is 4.66. The zero-order chi connectivity index (χ0) is 23.6. The number of halogens is 4. The summed E-state index contributed by atoms with van der Waals surface area (Å²) in [7, 11) is 0. The van der Waals surface area contributed by atoms with Crippen LogP contribution in [0, 0.1) is 6.92 Å². The largest absolute Gasteiger partial charge is 0.416 e. The molecule has 1 atom stereocenters. The van der Waals surface area contributed by atoms with Gasteiger partial charge in [-0.2, -0.15) is 13.2 Å². The minimum atomic E-state index is -4.55. The lowest BCUT2D eigenvalue weighted by atomic mass is 10.00. The number of aryl methyl sites for hydroxylation is 1. The highest BCUT2D eigenvalue weighted by molar-refractivity contribution is 6.35. The third kappa shape index (κ3) is 5.05. The van der Waals surface area contributed by atoms with E-state index in [2.05, 4.69) is 20.4 Å². The summed E-state index contributed by atoms with van der Waals surface area (Å²) in [4.78, 5) is 32.4. The van der Waals surface area contributed by atoms with Gasteiger partial charge >= 0.3 is 6.18 Å². The third-order valence-electron chi connectivity index (χ3n) is 4.62. The lowest BCUT2D eigenvalue weighted by molar-refractivity contribution is -0.138. The second-order valence-corrected chi connectivity index (χ2v) is 7.42. The van der Waals surface area contributed by atoms with Crippen LogP contribution in [0.15, 0.2) is 35.1 Å². The third-order valence-corrected chi connectivity index (χ3v) is 4.99. The number of rotatable bonds is 6. The molecule has 12 heteroatoms. The SMILES string of the molecule is Cc1ccc(NC(=O)c2cc([C@@H](C)CC(=O)c3ncnc(N)c3Cl)on2)cc1C(F)(F)F. The minimum absolute atomic E-state index is 0.0268. The van der Waals surface area contributed by atoms with Crippen molar-refractivity contribution in [2.45, 2.75) is 32.4 Å². The zero-order valence-corrected chi connectivity index (χ0v) is 17.6. The first kappa shape index (κ1) is 23.2. The Kier molecular flexibility index (Phi) is 6.49. The number of nitrogens with one attached hydrogen (secondary N) is 1. The van der Waals surface area contributed by atoms with Crippen LogP contribution in [0.25, 0.3) is 0 Å². The van der Waals surface area contributed by atoms with Crippen LogP contribution in [0.2, 0.25) is 5.02 Å². The number of nitrogen functional groups attached to an aromatic ring is 1. The molecule has 0 saturated carbocycles. The average molecular weight is 468 g/mol. The van der Waals surface area contributed by atoms with Crippen molar-refractivity contribution >= 4 is 34.8 Å². The molecule has 0 aliphatic carbocycles. The molecule has 2 heterocycles. The number of nitrogens with zero attached hydrogens (tertiary/aromatic N) is 3. The van der Waals surface area contributed by atoms with Crippen LogP contribution in [0.4, 0.5) is 24.7 Å². The Labute approximate surface area is 185 Å². The number of anilines is 2. The Morgan fingerprint density at radius 1 is 1.25 bits per heavy atom. The van der Waals surface area contributed by atoms with Gasteiger partial charge in [0.25, 0.3) is 5.91 Å². The summed E-state index contributed by atoms with van der Waals surface area (Å²) in [6.07, 6.45) is -3.50. The van der Waals surface area contributed by atoms with E-state index in [1.54, 1.807) is 6.92 Å². The van der Waals surface area contributed by atoms with E-state index >= 15 is 0 Å². The number of carbonyl (C=O) groups excluding carboxylic acids is 2. The number of benzene rings is 1. The maximum absolute atomic E-state index is 13.1. The van der Waals surface area contributed by atoms with Gasteiger partial charge in [0, 0.05) is 24.1 Å². The van der Waals surface area contributed by atoms with E-state index in [1.807, 2.05) is 0 Å². The molecule has 32 heavy (non-hydrogen) atoms. The van der Waals surface area contributed by atoms with E-state index in [0.717, 1.165) is 12.4 Å². The van der Waals surface area contributed by atoms with Crippen LogP contribution < -0.4 is 11.1 Å². The molecule has 3 rings (SSSR count). The maximum atomic E-state index is 13.1. The molecule has 2 aromatic heterocycles. The summed E-state index contributed by atoms with van der Waals surface area (Å²) >= 11 is 5.96. The Hall–Kier alpha value is -3.47. The van der Waals surface area contributed by atoms with Crippen LogP contribution >= 0.6 is 11.6 Å². The van der Waals surface area contributed by atoms with E-state index in [4.69, 9.17) is 21.9 Å². The first-order chi connectivity index (χ1) is 15.0. The Balaban J connectivity index is 1.70. The molecular weight excluding hydrogens is 451 g/mol. The first-order valence-corrected chi connectivity index (χ1v) is 9.60. The van der Waals surface area contributed by atoms with Gasteiger partial charge in [0.05, 0.1) is 5.56 Å². The van der Waals surface area contributed by atoms with Gasteiger partial charge in [-0.05, 0) is 24.6 Å². The number of hydrogen-bond acceptors (Lipinski definition) is 7. The van der Waals surface area contributed by atoms with Gasteiger partial charge in [-0.25, -0.2) is 9.97 Å². The summed E-state index contributed by atoms with van der Waals surface area (Å²) in [6.45, 7) is 2.98. The smallest absolute Gasteiger partial charge is 0.382 e. The van der Waals surface area contributed by atoms with Gasteiger partial charge in [-0.1, -0.05) is 29.7 Å². The second kappa shape index (κ2) is 8.95. The number of Topliss-reactive ketones (excluding diaryl/α,β-unsaturated/α-hetero) is 1. The molecule has 0 fully saturated rings. The normalized spacial score (nSPS) is 12.4. The highest BCUT2D eigenvalue weighted by atomic mass is 35.5. The van der Waals surface area contributed by atoms with Crippen molar-refractivity contribution in [1.82, 2.24) is 15.1 Å². The molecule has 0 unspecified atom stereocenters. The number of nitrogens with two attached hydrogens (primary N) is 1. The minimum Gasteiger partial charge on any atom is -0.382 e. The highest BCUT2D eigenvalue weighted by Gasteiger charge is 2.32. The van der Waals surface area contributed by atoms with Crippen molar-refractivity contribution < 1.29 is 27.3 Å². The van der Waals surface area contributed by atoms with Crippen molar-refractivity contribution in [1.29, 1.82) is 0 Å². The average Bonchev–Trinajstić information content (AvgIpc) is 3.21. The van der Waals surface area contributed by atoms with Gasteiger partial charge in [-0.15, -0.1) is 0 Å². The molecule has 0 radical (unpaired) electrons. The molecule has 0 bridgehead atoms. The lowest BCUT2D eigenvalue weighted by Crippen LogP contribution is -2.14. The monoisotopic (exact) mass is 467 g/mol. The van der Waals surface area contributed by atoms with Crippen molar-refractivity contribution in [3.63, 3.8) is 0 Å². The Morgan fingerprint density at radius 2 is 1.97 bits per heavy atom. The number of aromatic nitrogens is 3. The fraction of sp³-hybridized carbons (Fsp3) is 0.250. The van der Waals surface area contributed by atoms with Crippen molar-refractivity contribution in [2.75, 3.05) is 11.1 Å². The predicted molar refractivity (Wildman–Crippen MR) is 109 cm³/mol. The van der Waals surface area contributed by atoms with Gasteiger partial charge in [0.15, 0.2) is 11.5 Å². The van der Waals surface area contributed by atoms with Crippen LogP contribution in [0.1, 0.15) is 57.1 Å². The molecule has 168 valence electrons. The fourth-order valence-corrected chi connectivity index (χ4v) is 3.09. The quantitative estimate of drug-likeness (QED) is 0.505. The molecule has 0 spiro atoms. The molecule has 0 aliphatic rings. The van der Waals surface area contributed by atoms with Crippen molar-refractivity contribution in [3.8, 4) is 0 Å². The highest BCUT2D eigenvalue weighted by Crippen LogP contribution is 2.33. The topological polar surface area (TPSA) is 124 Å². The van der Waals surface area contributed by atoms with Crippen LogP contribution in [-0.2, 0) is 6.18 Å². The van der Waals surface area contributed by atoms with Crippen molar-refractivity contribution in [2.24, 2.45) is 0 Å². The standard InChI is InChI=1S/C20H17ClF3N5O3/c1-9-3-4-11(6-12(9)20(22,23)24)28-19(31)13-7-15(32-29-13)10(2)5-14(30)17-16(21)18(25)27-8-26-17/h3-4,6-8,10H,5H2,1-2H3,(H,28,31)(H2,25,26,27)/t10-/m0/s1. The summed E-state index contributed by atoms with van der Waals surface area (Å²) in [5.41, 5.74) is 4.51. The van der Waals surface area contributed by atoms with E-state index in [1.165, 1.54) is 25.1 Å². The molecule has 0 aliphatic heterocycles. The second-order valence-electron chi connectivity index (χ2n) is 7.05. The van der Waals surface area contributed by atoms with E-state index in [9.17, 15) is 22.8 Å². The molecule has 1 aromatic carbocycles. The van der Waals surface area contributed by atoms with Crippen molar-refractivity contribution in [3.05, 3.63) is 63.9 Å². The molecule has 8 nitrogen and oxygen atoms in total. The summed E-state index contributed by atoms with van der Waals surface area (Å²) in [6, 6.07) is 4.75. The number of carbonyl (C=O) groups is 2. The molecule has 3 aromatic rings. The zero-order valence-electron chi connectivity index (χ0n) is 16.8. The Bertz CT molecular complexity index is 1180. The number of hydrogen-bond donors (Lipinski definition) is 2. The number of alkyl halides is 3. The summed E-state index contributed by atoms with van der Waals surface area (Å²) in [5, 5.41) is 5.94. The molecule has 1 amide bonds. The fourth-order valence-electron chi connectivity index (χ4n) is 2.88. The maximum Gasteiger partial charge on any atom is 0.416 e. The molecule has 0 saturated heterocycles. The van der Waals surface area contributed by atoms with Crippen LogP contribution in [0.5, 0.6) is 0 Å². The lowest BCUT2D eigenvalue weighted by Gasteiger charge is -2.12. The van der Waals surface area contributed by atoms with Gasteiger partial charge in [0.1, 0.15) is 28.6 Å². The Morgan fingerprint density at radius 3 is 2.66 bits per heavy atom. The van der Waals surface area contributed by atoms with Gasteiger partial charge < -0.3 is 15.6 Å². The molecular formula is C20H17ClF3N5O3. The van der Waals surface area contributed by atoms with E-state index in [0.29, 0.717) is 0 Å². The van der Waals surface area contributed by atoms with E-state index in [-0.39, 0.29) is 45.7 Å². The number of amides is 1. The summed E-state index contributed by atoms with van der Waals surface area (Å²) < 4.78 is 44.3. The van der Waals surface area contributed by atoms with Gasteiger partial charge in [-0.3, -0.25) is 9.59 Å². The summed E-state index contributed by atoms with van der Waals surface area (Å²) in [5.74, 6) is -1.48. The first-order valence-electron chi connectivity index (χ1n) is 9.22. The van der Waals surface area contributed by atoms with Crippen LogP contribution in [0.3, 0.4) is 0 Å². The van der Waals surface area contributed by atoms with Crippen LogP contribution in [-0.4, -0.2) is 26.8 Å². The van der Waals surface area contributed by atoms with Gasteiger partial charge in [0.2, 0.25) is 0 Å².